The molecule has 0 unspecified atom stereocenters. The van der Waals surface area contributed by atoms with Crippen LogP contribution in [0.3, 0.4) is 0 Å². The Morgan fingerprint density at radius 3 is 1.62 bits per heavy atom. The molecule has 24 heavy (non-hydrogen) atoms. The molecular formula is C16H38N2O6. The smallest absolute Gasteiger partial charge is 0.246 e. The number of hydrogen-bond acceptors (Lipinski definition) is 6. The van der Waals surface area contributed by atoms with Gasteiger partial charge in [0.1, 0.15) is 19.8 Å². The number of methoxy groups -OCH3 is 1. The van der Waals surface area contributed by atoms with Gasteiger partial charge in [-0.1, -0.05) is 27.7 Å². The van der Waals surface area contributed by atoms with E-state index in [2.05, 4.69) is 15.4 Å². The lowest BCUT2D eigenvalue weighted by Crippen LogP contribution is -2.33. The molecule has 0 aliphatic carbocycles. The predicted octanol–water partition coefficient (Wildman–Crippen LogP) is 1.03. The van der Waals surface area contributed by atoms with Crippen molar-refractivity contribution in [3.8, 4) is 0 Å². The second kappa shape index (κ2) is 23.8. The van der Waals surface area contributed by atoms with Gasteiger partial charge >= 0.3 is 0 Å². The van der Waals surface area contributed by atoms with Crippen molar-refractivity contribution in [2.75, 3.05) is 53.2 Å². The highest BCUT2D eigenvalue weighted by atomic mass is 16.5. The van der Waals surface area contributed by atoms with Gasteiger partial charge in [0.25, 0.3) is 0 Å². The van der Waals surface area contributed by atoms with Gasteiger partial charge in [-0.25, -0.2) is 0 Å². The second-order valence-corrected chi connectivity index (χ2v) is 3.94. The quantitative estimate of drug-likeness (QED) is 0.508. The number of ether oxygens (including phenoxy) is 3. The number of nitrogens with one attached hydrogen (secondary N) is 2. The summed E-state index contributed by atoms with van der Waals surface area (Å²) in [6.07, 6.45) is 0. The first-order valence-electron chi connectivity index (χ1n) is 8.23. The lowest BCUT2D eigenvalue weighted by Gasteiger charge is -2.07. The van der Waals surface area contributed by atoms with E-state index in [4.69, 9.17) is 9.47 Å². The van der Waals surface area contributed by atoms with E-state index < -0.39 is 0 Å². The molecular weight excluding hydrogens is 316 g/mol. The summed E-state index contributed by atoms with van der Waals surface area (Å²) in [6.45, 7) is 10.5. The van der Waals surface area contributed by atoms with Crippen molar-refractivity contribution in [1.82, 2.24) is 10.6 Å². The molecule has 8 heteroatoms. The van der Waals surface area contributed by atoms with Crippen molar-refractivity contribution < 1.29 is 31.4 Å². The molecule has 0 aliphatic rings. The van der Waals surface area contributed by atoms with E-state index in [1.54, 1.807) is 0 Å². The molecule has 0 aromatic heterocycles. The zero-order chi connectivity index (χ0) is 19.2. The van der Waals surface area contributed by atoms with Gasteiger partial charge in [0.15, 0.2) is 5.78 Å². The standard InChI is InChI=1S/C12H22N2O6.2C2H6.2H2/c1-10(15)7-19-5-3-14-12(17)9-20-6-4-13-11(16)8-18-2;2*1-2;;/h3-9H2,1-2H3,(H,13,16)(H,14,17);2*1-2H3;2*1H. The summed E-state index contributed by atoms with van der Waals surface area (Å²) < 4.78 is 14.7. The molecule has 0 heterocycles. The lowest BCUT2D eigenvalue weighted by molar-refractivity contribution is -0.126. The van der Waals surface area contributed by atoms with Gasteiger partial charge in [-0.05, 0) is 6.92 Å². The van der Waals surface area contributed by atoms with Crippen LogP contribution in [0.1, 0.15) is 37.5 Å². The SMILES string of the molecule is CC.CC.COCC(=O)NCCOCC(=O)NCCOCC(C)=O.[HH].[HH]. The van der Waals surface area contributed by atoms with E-state index in [-0.39, 0.29) is 53.5 Å². The van der Waals surface area contributed by atoms with E-state index >= 15 is 0 Å². The monoisotopic (exact) mass is 354 g/mol. The first kappa shape index (κ1) is 27.3. The fourth-order valence-corrected chi connectivity index (χ4v) is 1.14. The van der Waals surface area contributed by atoms with E-state index in [0.29, 0.717) is 13.1 Å². The third-order valence-electron chi connectivity index (χ3n) is 1.95. The summed E-state index contributed by atoms with van der Waals surface area (Å²) in [5.41, 5.74) is 0. The number of carbonyl (C=O) groups excluding carboxylic acids is 3. The molecule has 0 fully saturated rings. The summed E-state index contributed by atoms with van der Waals surface area (Å²) >= 11 is 0. The van der Waals surface area contributed by atoms with Crippen LogP contribution in [0.15, 0.2) is 0 Å². The molecule has 0 rings (SSSR count). The zero-order valence-electron chi connectivity index (χ0n) is 15.9. The molecule has 2 amide bonds. The molecule has 0 saturated heterocycles. The number of hydrogen-bond donors (Lipinski definition) is 2. The molecule has 2 N–H and O–H groups in total. The summed E-state index contributed by atoms with van der Waals surface area (Å²) in [7, 11) is 1.43. The minimum absolute atomic E-state index is 0. The van der Waals surface area contributed by atoms with Crippen LogP contribution in [0.2, 0.25) is 0 Å². The van der Waals surface area contributed by atoms with E-state index in [0.717, 1.165) is 0 Å². The average molecular weight is 354 g/mol. The molecule has 0 bridgehead atoms. The molecule has 0 spiro atoms. The Kier molecular flexibility index (Phi) is 27.1. The molecule has 0 radical (unpaired) electrons. The van der Waals surface area contributed by atoms with Crippen molar-refractivity contribution in [2.24, 2.45) is 0 Å². The maximum atomic E-state index is 11.3. The Morgan fingerprint density at radius 1 is 0.792 bits per heavy atom. The van der Waals surface area contributed by atoms with Crippen molar-refractivity contribution in [1.29, 1.82) is 0 Å². The third kappa shape index (κ3) is 25.4. The highest BCUT2D eigenvalue weighted by Crippen LogP contribution is 1.78. The van der Waals surface area contributed by atoms with Crippen LogP contribution in [0.5, 0.6) is 0 Å². The number of amides is 2. The Bertz CT molecular complexity index is 321. The first-order chi connectivity index (χ1) is 11.6. The zero-order valence-corrected chi connectivity index (χ0v) is 15.9. The van der Waals surface area contributed by atoms with E-state index in [1.165, 1.54) is 14.0 Å². The number of carbonyl (C=O) groups is 3. The maximum absolute atomic E-state index is 11.3. The minimum Gasteiger partial charge on any atom is -0.375 e. The molecule has 0 atom stereocenters. The van der Waals surface area contributed by atoms with Gasteiger partial charge in [0.2, 0.25) is 11.8 Å². The fourth-order valence-electron chi connectivity index (χ4n) is 1.14. The van der Waals surface area contributed by atoms with Crippen LogP contribution in [-0.4, -0.2) is 70.8 Å². The van der Waals surface area contributed by atoms with Crippen molar-refractivity contribution >= 4 is 17.6 Å². The first-order valence-corrected chi connectivity index (χ1v) is 8.23. The predicted molar refractivity (Wildman–Crippen MR) is 97.1 cm³/mol. The van der Waals surface area contributed by atoms with Crippen LogP contribution in [0.4, 0.5) is 0 Å². The van der Waals surface area contributed by atoms with Crippen LogP contribution in [-0.2, 0) is 28.6 Å². The lowest BCUT2D eigenvalue weighted by atomic mass is 10.5. The summed E-state index contributed by atoms with van der Waals surface area (Å²) in [6, 6.07) is 0. The van der Waals surface area contributed by atoms with Crippen LogP contribution >= 0.6 is 0 Å². The molecule has 8 nitrogen and oxygen atoms in total. The summed E-state index contributed by atoms with van der Waals surface area (Å²) in [4.78, 5) is 32.8. The topological polar surface area (TPSA) is 103 Å². The van der Waals surface area contributed by atoms with E-state index in [9.17, 15) is 14.4 Å². The Morgan fingerprint density at radius 2 is 1.21 bits per heavy atom. The molecule has 0 aliphatic heterocycles. The van der Waals surface area contributed by atoms with Crippen molar-refractivity contribution in [3.63, 3.8) is 0 Å². The third-order valence-corrected chi connectivity index (χ3v) is 1.95. The molecule has 0 aromatic rings. The van der Waals surface area contributed by atoms with Crippen molar-refractivity contribution in [3.05, 3.63) is 0 Å². The average Bonchev–Trinajstić information content (AvgIpc) is 2.58. The highest BCUT2D eigenvalue weighted by Gasteiger charge is 2.02. The molecule has 148 valence electrons. The van der Waals surface area contributed by atoms with Crippen molar-refractivity contribution in [2.45, 2.75) is 34.6 Å². The highest BCUT2D eigenvalue weighted by molar-refractivity contribution is 5.77. The number of Topliss-reactive ketones (excluding diaryl/α,β-unsaturated/α-hetero) is 1. The Hall–Kier alpha value is -1.51. The number of rotatable bonds is 12. The minimum atomic E-state index is -0.278. The van der Waals surface area contributed by atoms with E-state index in [1.807, 2.05) is 27.7 Å². The van der Waals surface area contributed by atoms with Crippen LogP contribution in [0, 0.1) is 0 Å². The summed E-state index contributed by atoms with van der Waals surface area (Å²) in [5.74, 6) is -0.571. The Balaban J connectivity index is -0.000000227. The van der Waals surface area contributed by atoms with Gasteiger partial charge in [0, 0.05) is 23.1 Å². The normalized spacial score (nSPS) is 8.92. The molecule has 0 saturated carbocycles. The van der Waals surface area contributed by atoms with Crippen LogP contribution < -0.4 is 10.6 Å². The number of ketones is 1. The summed E-state index contributed by atoms with van der Waals surface area (Å²) in [5, 5.41) is 5.12. The van der Waals surface area contributed by atoms with Gasteiger partial charge < -0.3 is 24.8 Å². The Labute approximate surface area is 148 Å². The van der Waals surface area contributed by atoms with Gasteiger partial charge in [-0.15, -0.1) is 0 Å². The van der Waals surface area contributed by atoms with Gasteiger partial charge in [0.05, 0.1) is 13.2 Å². The maximum Gasteiger partial charge on any atom is 0.246 e. The largest absolute Gasteiger partial charge is 0.375 e. The molecule has 0 aromatic carbocycles. The van der Waals surface area contributed by atoms with Gasteiger partial charge in [-0.3, -0.25) is 14.4 Å². The second-order valence-electron chi connectivity index (χ2n) is 3.94. The fraction of sp³-hybridized carbons (Fsp3) is 0.812. The van der Waals surface area contributed by atoms with Crippen LogP contribution in [0.25, 0.3) is 0 Å². The van der Waals surface area contributed by atoms with Gasteiger partial charge in [-0.2, -0.15) is 0 Å².